The van der Waals surface area contributed by atoms with Gasteiger partial charge >= 0.3 is 11.9 Å². The molecule has 0 saturated heterocycles. The zero-order valence-corrected chi connectivity index (χ0v) is 12.6. The second-order valence-corrected chi connectivity index (χ2v) is 4.26. The average molecular weight is 312 g/mol. The molecule has 21 heavy (non-hydrogen) atoms. The summed E-state index contributed by atoms with van der Waals surface area (Å²) < 4.78 is 9.31. The van der Waals surface area contributed by atoms with Crippen molar-refractivity contribution in [3.8, 4) is 0 Å². The zero-order chi connectivity index (χ0) is 16.0. The number of carbonyl (C=O) groups excluding carboxylic acids is 3. The van der Waals surface area contributed by atoms with Crippen LogP contribution in [0.4, 0.5) is 0 Å². The maximum Gasteiger partial charge on any atom is 0.356 e. The first-order chi connectivity index (χ1) is 9.90. The lowest BCUT2D eigenvalue weighted by Crippen LogP contribution is -2.13. The maximum atomic E-state index is 11.7. The Kier molecular flexibility index (Phi) is 6.05. The van der Waals surface area contributed by atoms with E-state index < -0.39 is 17.7 Å². The summed E-state index contributed by atoms with van der Waals surface area (Å²) in [6.45, 7) is 3.03. The van der Waals surface area contributed by atoms with Crippen LogP contribution in [-0.2, 0) is 19.1 Å². The summed E-state index contributed by atoms with van der Waals surface area (Å²) in [5.41, 5.74) is 0.203. The molecule has 1 rings (SSSR count). The van der Waals surface area contributed by atoms with Crippen molar-refractivity contribution >= 4 is 35.4 Å². The molecule has 1 heterocycles. The lowest BCUT2D eigenvalue weighted by atomic mass is 10.1. The van der Waals surface area contributed by atoms with Gasteiger partial charge in [-0.3, -0.25) is 4.79 Å². The summed E-state index contributed by atoms with van der Waals surface area (Å²) in [6, 6.07) is 2.84. The zero-order valence-electron chi connectivity index (χ0n) is 11.8. The van der Waals surface area contributed by atoms with Crippen LogP contribution in [0.2, 0.25) is 5.15 Å². The van der Waals surface area contributed by atoms with Crippen LogP contribution in [0.25, 0.3) is 6.08 Å². The Morgan fingerprint density at radius 3 is 2.48 bits per heavy atom. The maximum absolute atomic E-state index is 11.7. The Balaban J connectivity index is 3.19. The number of ketones is 1. The Morgan fingerprint density at radius 1 is 1.33 bits per heavy atom. The largest absolute Gasteiger partial charge is 0.464 e. The molecule has 0 fully saturated rings. The molecule has 1 aromatic heterocycles. The van der Waals surface area contributed by atoms with Gasteiger partial charge in [0.25, 0.3) is 0 Å². The van der Waals surface area contributed by atoms with E-state index in [0.29, 0.717) is 5.56 Å². The summed E-state index contributed by atoms with van der Waals surface area (Å²) in [7, 11) is 1.22. The smallest absolute Gasteiger partial charge is 0.356 e. The molecule has 0 saturated carbocycles. The number of nitrogens with zero attached hydrogens (tertiary/aromatic N) is 1. The van der Waals surface area contributed by atoms with Gasteiger partial charge in [0, 0.05) is 5.56 Å². The summed E-state index contributed by atoms with van der Waals surface area (Å²) in [5, 5.41) is -0.0269. The SMILES string of the molecule is CCOC(=O)/C(=C/c1ccc(C(=O)OC)nc1Cl)C(C)=O. The van der Waals surface area contributed by atoms with E-state index in [0.717, 1.165) is 0 Å². The standard InChI is InChI=1S/C14H14ClNO5/c1-4-21-13(18)10(8(2)17)7-9-5-6-11(14(19)20-3)16-12(9)15/h5-7H,4H2,1-3H3/b10-7+. The molecule has 0 aromatic carbocycles. The third-order valence-corrected chi connectivity index (χ3v) is 2.75. The van der Waals surface area contributed by atoms with Crippen LogP contribution in [0.15, 0.2) is 17.7 Å². The molecule has 112 valence electrons. The number of ether oxygens (including phenoxy) is 2. The second kappa shape index (κ2) is 7.54. The fourth-order valence-electron chi connectivity index (χ4n) is 1.44. The van der Waals surface area contributed by atoms with Gasteiger partial charge in [-0.1, -0.05) is 11.6 Å². The van der Waals surface area contributed by atoms with E-state index in [9.17, 15) is 14.4 Å². The average Bonchev–Trinajstić information content (AvgIpc) is 2.44. The van der Waals surface area contributed by atoms with E-state index in [2.05, 4.69) is 9.72 Å². The van der Waals surface area contributed by atoms with Crippen LogP contribution in [0.1, 0.15) is 29.9 Å². The summed E-state index contributed by atoms with van der Waals surface area (Å²) in [6.07, 6.45) is 1.27. The number of hydrogen-bond donors (Lipinski definition) is 0. The highest BCUT2D eigenvalue weighted by Crippen LogP contribution is 2.18. The molecule has 0 aliphatic rings. The quantitative estimate of drug-likeness (QED) is 0.272. The Morgan fingerprint density at radius 2 is 2.00 bits per heavy atom. The van der Waals surface area contributed by atoms with Crippen molar-refractivity contribution in [1.82, 2.24) is 4.98 Å². The lowest BCUT2D eigenvalue weighted by Gasteiger charge is -2.05. The van der Waals surface area contributed by atoms with Gasteiger partial charge in [-0.25, -0.2) is 14.6 Å². The van der Waals surface area contributed by atoms with Crippen LogP contribution in [0.5, 0.6) is 0 Å². The molecule has 0 bridgehead atoms. The molecule has 0 N–H and O–H groups in total. The Labute approximate surface area is 126 Å². The minimum absolute atomic E-state index is 0.0269. The van der Waals surface area contributed by atoms with E-state index >= 15 is 0 Å². The van der Waals surface area contributed by atoms with E-state index in [1.54, 1.807) is 6.92 Å². The normalized spacial score (nSPS) is 11.0. The highest BCUT2D eigenvalue weighted by atomic mass is 35.5. The first kappa shape index (κ1) is 16.8. The van der Waals surface area contributed by atoms with Crippen LogP contribution in [0, 0.1) is 0 Å². The van der Waals surface area contributed by atoms with E-state index in [1.807, 2.05) is 0 Å². The fraction of sp³-hybridized carbons (Fsp3) is 0.286. The Bertz CT molecular complexity index is 609. The number of hydrogen-bond acceptors (Lipinski definition) is 6. The first-order valence-electron chi connectivity index (χ1n) is 6.05. The molecule has 0 spiro atoms. The van der Waals surface area contributed by atoms with Gasteiger partial charge in [0.2, 0.25) is 0 Å². The monoisotopic (exact) mass is 311 g/mol. The van der Waals surface area contributed by atoms with Crippen LogP contribution in [0.3, 0.4) is 0 Å². The summed E-state index contributed by atoms with van der Waals surface area (Å²) in [5.74, 6) is -1.83. The number of halogens is 1. The minimum atomic E-state index is -0.738. The van der Waals surface area contributed by atoms with Gasteiger partial charge in [-0.15, -0.1) is 0 Å². The Hall–Kier alpha value is -2.21. The van der Waals surface area contributed by atoms with Crippen molar-refractivity contribution in [2.24, 2.45) is 0 Å². The number of Topliss-reactive ketones (excluding diaryl/α,β-unsaturated/α-hetero) is 1. The van der Waals surface area contributed by atoms with E-state index in [4.69, 9.17) is 16.3 Å². The topological polar surface area (TPSA) is 82.6 Å². The van der Waals surface area contributed by atoms with Gasteiger partial charge in [0.05, 0.1) is 13.7 Å². The van der Waals surface area contributed by atoms with Crippen molar-refractivity contribution in [2.75, 3.05) is 13.7 Å². The number of esters is 2. The number of pyridine rings is 1. The third kappa shape index (κ3) is 4.39. The van der Waals surface area contributed by atoms with Gasteiger partial charge in [-0.05, 0) is 32.1 Å². The molecule has 0 radical (unpaired) electrons. The van der Waals surface area contributed by atoms with Gasteiger partial charge < -0.3 is 9.47 Å². The predicted molar refractivity (Wildman–Crippen MR) is 75.9 cm³/mol. The minimum Gasteiger partial charge on any atom is -0.464 e. The third-order valence-electron chi connectivity index (χ3n) is 2.45. The first-order valence-corrected chi connectivity index (χ1v) is 6.43. The highest BCUT2D eigenvalue weighted by molar-refractivity contribution is 6.31. The summed E-state index contributed by atoms with van der Waals surface area (Å²) >= 11 is 5.93. The van der Waals surface area contributed by atoms with Gasteiger partial charge in [-0.2, -0.15) is 0 Å². The number of rotatable bonds is 5. The van der Waals surface area contributed by atoms with Crippen molar-refractivity contribution in [3.63, 3.8) is 0 Å². The lowest BCUT2D eigenvalue weighted by molar-refractivity contribution is -0.139. The van der Waals surface area contributed by atoms with Crippen LogP contribution >= 0.6 is 11.6 Å². The number of aromatic nitrogens is 1. The van der Waals surface area contributed by atoms with Gasteiger partial charge in [0.1, 0.15) is 16.4 Å². The van der Waals surface area contributed by atoms with Crippen molar-refractivity contribution < 1.29 is 23.9 Å². The van der Waals surface area contributed by atoms with Crippen molar-refractivity contribution in [1.29, 1.82) is 0 Å². The van der Waals surface area contributed by atoms with E-state index in [-0.39, 0.29) is 23.0 Å². The molecule has 6 nitrogen and oxygen atoms in total. The molecule has 7 heteroatoms. The predicted octanol–water partition coefficient (Wildman–Crippen LogP) is 2.06. The molecule has 0 aliphatic carbocycles. The fourth-order valence-corrected chi connectivity index (χ4v) is 1.65. The number of methoxy groups -OCH3 is 1. The molecule has 0 unspecified atom stereocenters. The molecule has 0 atom stereocenters. The van der Waals surface area contributed by atoms with Crippen molar-refractivity contribution in [2.45, 2.75) is 13.8 Å². The molecular weight excluding hydrogens is 298 g/mol. The van der Waals surface area contributed by atoms with E-state index in [1.165, 1.54) is 32.2 Å². The van der Waals surface area contributed by atoms with Crippen LogP contribution in [-0.4, -0.2) is 36.4 Å². The van der Waals surface area contributed by atoms with Gasteiger partial charge in [0.15, 0.2) is 5.78 Å². The van der Waals surface area contributed by atoms with Crippen molar-refractivity contribution in [3.05, 3.63) is 34.1 Å². The molecule has 0 amide bonds. The number of carbonyl (C=O) groups is 3. The highest BCUT2D eigenvalue weighted by Gasteiger charge is 2.17. The molecular formula is C14H14ClNO5. The summed E-state index contributed by atoms with van der Waals surface area (Å²) in [4.78, 5) is 38.3. The second-order valence-electron chi connectivity index (χ2n) is 3.90. The van der Waals surface area contributed by atoms with Crippen LogP contribution < -0.4 is 0 Å². The molecule has 0 aliphatic heterocycles. The molecule has 1 aromatic rings.